The third-order valence-corrected chi connectivity index (χ3v) is 1.72. The minimum absolute atomic E-state index is 1.32. The summed E-state index contributed by atoms with van der Waals surface area (Å²) in [4.78, 5) is 0. The van der Waals surface area contributed by atoms with Crippen LogP contribution in [0.1, 0.15) is 51.7 Å². The fraction of sp³-hybridized carbons (Fsp3) is 0.571. The van der Waals surface area contributed by atoms with Gasteiger partial charge in [0.1, 0.15) is 0 Å². The maximum Gasteiger partial charge on any atom is -0.0398 e. The predicted octanol–water partition coefficient (Wildman–Crippen LogP) is 5.14. The van der Waals surface area contributed by atoms with Gasteiger partial charge >= 0.3 is 0 Å². The van der Waals surface area contributed by atoms with Crippen molar-refractivity contribution in [1.82, 2.24) is 0 Å². The highest BCUT2D eigenvalue weighted by molar-refractivity contribution is 5.19. The lowest BCUT2D eigenvalue weighted by Gasteiger charge is -1.90. The summed E-state index contributed by atoms with van der Waals surface area (Å²) in [5.74, 6) is 0. The molecule has 0 amide bonds. The lowest BCUT2D eigenvalue weighted by molar-refractivity contribution is 0.886. The molecule has 0 saturated carbocycles. The van der Waals surface area contributed by atoms with Crippen molar-refractivity contribution in [2.45, 2.75) is 54.4 Å². The van der Waals surface area contributed by atoms with E-state index in [4.69, 9.17) is 0 Å². The van der Waals surface area contributed by atoms with Gasteiger partial charge in [0.15, 0.2) is 0 Å². The number of benzene rings is 1. The van der Waals surface area contributed by atoms with Crippen molar-refractivity contribution in [1.29, 1.82) is 0 Å². The summed E-state index contributed by atoms with van der Waals surface area (Å²) in [7, 11) is 0. The molecule has 0 nitrogen and oxygen atoms in total. The Hall–Kier alpha value is -0.780. The molecule has 0 fully saturated rings. The van der Waals surface area contributed by atoms with Gasteiger partial charge in [-0.3, -0.25) is 0 Å². The smallest absolute Gasteiger partial charge is 0.0398 e. The van der Waals surface area contributed by atoms with Gasteiger partial charge in [0.05, 0.1) is 0 Å². The SMILES string of the molecule is CC.CCCC.Cc1ccc(C)cc1. The normalized spacial score (nSPS) is 7.86. The monoisotopic (exact) mass is 194 g/mol. The van der Waals surface area contributed by atoms with Crippen molar-refractivity contribution in [2.24, 2.45) is 0 Å². The average molecular weight is 194 g/mol. The fourth-order valence-corrected chi connectivity index (χ4v) is 0.637. The van der Waals surface area contributed by atoms with Crippen LogP contribution in [-0.4, -0.2) is 0 Å². The third kappa shape index (κ3) is 11.2. The molecule has 0 aromatic heterocycles. The zero-order chi connectivity index (χ0) is 11.4. The second-order valence-corrected chi connectivity index (χ2v) is 3.15. The standard InChI is InChI=1S/C8H10.C4H10.C2H6/c1-7-3-5-8(2)6-4-7;1-3-4-2;1-2/h3-6H,1-2H3;3-4H2,1-2H3;1-2H3. The summed E-state index contributed by atoms with van der Waals surface area (Å²) >= 11 is 0. The van der Waals surface area contributed by atoms with E-state index >= 15 is 0 Å². The summed E-state index contributed by atoms with van der Waals surface area (Å²) in [6, 6.07) is 8.48. The van der Waals surface area contributed by atoms with E-state index in [1.807, 2.05) is 13.8 Å². The maximum atomic E-state index is 2.18. The lowest BCUT2D eigenvalue weighted by Crippen LogP contribution is -1.70. The molecule has 0 aliphatic heterocycles. The van der Waals surface area contributed by atoms with Crippen molar-refractivity contribution < 1.29 is 0 Å². The van der Waals surface area contributed by atoms with Crippen LogP contribution >= 0.6 is 0 Å². The van der Waals surface area contributed by atoms with E-state index in [2.05, 4.69) is 52.0 Å². The molecule has 0 radical (unpaired) electrons. The highest BCUT2D eigenvalue weighted by Crippen LogP contribution is 1.99. The zero-order valence-corrected chi connectivity index (χ0v) is 10.7. The number of unbranched alkanes of at least 4 members (excludes halogenated alkanes) is 1. The van der Waals surface area contributed by atoms with Gasteiger partial charge in [0, 0.05) is 0 Å². The molecule has 1 aromatic rings. The Kier molecular flexibility index (Phi) is 13.7. The quantitative estimate of drug-likeness (QED) is 0.581. The Balaban J connectivity index is 0. The third-order valence-electron chi connectivity index (χ3n) is 1.72. The van der Waals surface area contributed by atoms with Gasteiger partial charge in [-0.1, -0.05) is 75.9 Å². The Morgan fingerprint density at radius 3 is 1.07 bits per heavy atom. The van der Waals surface area contributed by atoms with Crippen molar-refractivity contribution >= 4 is 0 Å². The van der Waals surface area contributed by atoms with Gasteiger partial charge in [-0.15, -0.1) is 0 Å². The Morgan fingerprint density at radius 1 is 0.714 bits per heavy atom. The summed E-state index contributed by atoms with van der Waals surface area (Å²) in [5.41, 5.74) is 2.66. The molecule has 0 spiro atoms. The molecular weight excluding hydrogens is 168 g/mol. The van der Waals surface area contributed by atoms with Gasteiger partial charge in [0.2, 0.25) is 0 Å². The molecule has 0 bridgehead atoms. The molecule has 0 aliphatic rings. The van der Waals surface area contributed by atoms with E-state index in [9.17, 15) is 0 Å². The first-order valence-electron chi connectivity index (χ1n) is 5.74. The van der Waals surface area contributed by atoms with Crippen LogP contribution in [-0.2, 0) is 0 Å². The fourth-order valence-electron chi connectivity index (χ4n) is 0.637. The highest BCUT2D eigenvalue weighted by atomic mass is 13.9. The van der Waals surface area contributed by atoms with Crippen LogP contribution < -0.4 is 0 Å². The first-order chi connectivity index (χ1) is 6.70. The van der Waals surface area contributed by atoms with Gasteiger partial charge in [-0.25, -0.2) is 0 Å². The van der Waals surface area contributed by atoms with Crippen LogP contribution in [0.4, 0.5) is 0 Å². The van der Waals surface area contributed by atoms with E-state index < -0.39 is 0 Å². The molecule has 0 heteroatoms. The molecule has 0 N–H and O–H groups in total. The number of hydrogen-bond donors (Lipinski definition) is 0. The Labute approximate surface area is 90.4 Å². The van der Waals surface area contributed by atoms with Crippen LogP contribution in [0.3, 0.4) is 0 Å². The maximum absolute atomic E-state index is 2.18. The van der Waals surface area contributed by atoms with E-state index in [1.165, 1.54) is 24.0 Å². The van der Waals surface area contributed by atoms with Crippen LogP contribution in [0.15, 0.2) is 24.3 Å². The summed E-state index contributed by atoms with van der Waals surface area (Å²) in [5, 5.41) is 0. The largest absolute Gasteiger partial charge is 0.0683 e. The van der Waals surface area contributed by atoms with E-state index in [0.29, 0.717) is 0 Å². The van der Waals surface area contributed by atoms with Crippen LogP contribution in [0.25, 0.3) is 0 Å². The summed E-state index contributed by atoms with van der Waals surface area (Å²) in [6.07, 6.45) is 2.64. The molecule has 0 unspecified atom stereocenters. The zero-order valence-electron chi connectivity index (χ0n) is 10.7. The molecule has 0 aliphatic carbocycles. The summed E-state index contributed by atoms with van der Waals surface area (Å²) in [6.45, 7) is 12.6. The second kappa shape index (κ2) is 12.2. The van der Waals surface area contributed by atoms with Crippen LogP contribution in [0.5, 0.6) is 0 Å². The molecule has 1 rings (SSSR count). The number of rotatable bonds is 1. The minimum Gasteiger partial charge on any atom is -0.0683 e. The molecular formula is C14H26. The average Bonchev–Trinajstić information content (AvgIpc) is 2.26. The molecule has 0 atom stereocenters. The van der Waals surface area contributed by atoms with Gasteiger partial charge in [-0.05, 0) is 13.8 Å². The van der Waals surface area contributed by atoms with Gasteiger partial charge < -0.3 is 0 Å². The van der Waals surface area contributed by atoms with Crippen molar-refractivity contribution in [3.63, 3.8) is 0 Å². The molecule has 82 valence electrons. The molecule has 0 heterocycles. The Morgan fingerprint density at radius 2 is 0.929 bits per heavy atom. The Bertz CT molecular complexity index is 161. The van der Waals surface area contributed by atoms with Crippen molar-refractivity contribution in [3.8, 4) is 0 Å². The highest BCUT2D eigenvalue weighted by Gasteiger charge is 1.79. The number of aryl methyl sites for hydroxylation is 2. The lowest BCUT2D eigenvalue weighted by atomic mass is 10.2. The molecule has 14 heavy (non-hydrogen) atoms. The van der Waals surface area contributed by atoms with E-state index in [1.54, 1.807) is 0 Å². The minimum atomic E-state index is 1.32. The predicted molar refractivity (Wildman–Crippen MR) is 67.8 cm³/mol. The first-order valence-corrected chi connectivity index (χ1v) is 5.74. The van der Waals surface area contributed by atoms with E-state index in [-0.39, 0.29) is 0 Å². The van der Waals surface area contributed by atoms with Crippen LogP contribution in [0.2, 0.25) is 0 Å². The molecule has 0 saturated heterocycles. The number of hydrogen-bond acceptors (Lipinski definition) is 0. The molecule has 1 aromatic carbocycles. The van der Waals surface area contributed by atoms with E-state index in [0.717, 1.165) is 0 Å². The van der Waals surface area contributed by atoms with Gasteiger partial charge in [0.25, 0.3) is 0 Å². The van der Waals surface area contributed by atoms with Crippen molar-refractivity contribution in [2.75, 3.05) is 0 Å². The summed E-state index contributed by atoms with van der Waals surface area (Å²) < 4.78 is 0. The van der Waals surface area contributed by atoms with Gasteiger partial charge in [-0.2, -0.15) is 0 Å². The second-order valence-electron chi connectivity index (χ2n) is 3.15. The van der Waals surface area contributed by atoms with Crippen molar-refractivity contribution in [3.05, 3.63) is 35.4 Å². The van der Waals surface area contributed by atoms with Crippen LogP contribution in [0, 0.1) is 13.8 Å². The first kappa shape index (κ1) is 15.7. The topological polar surface area (TPSA) is 0 Å².